The van der Waals surface area contributed by atoms with Crippen LogP contribution < -0.4 is 15.8 Å². The van der Waals surface area contributed by atoms with Crippen molar-refractivity contribution in [2.24, 2.45) is 0 Å². The molecule has 6 heteroatoms. The van der Waals surface area contributed by atoms with Crippen LogP contribution in [0.3, 0.4) is 0 Å². The van der Waals surface area contributed by atoms with Gasteiger partial charge in [-0.3, -0.25) is 4.79 Å². The molecule has 3 N–H and O–H groups in total. The normalized spacial score (nSPS) is 11.9. The number of rotatable bonds is 7. The summed E-state index contributed by atoms with van der Waals surface area (Å²) in [6, 6.07) is 5.22. The molecule has 0 aromatic heterocycles. The zero-order chi connectivity index (χ0) is 14.3. The Labute approximate surface area is 121 Å². The molecule has 0 heterocycles. The maximum absolute atomic E-state index is 11.8. The molecule has 0 spiro atoms. The number of carbonyl (C=O) groups is 1. The van der Waals surface area contributed by atoms with E-state index >= 15 is 0 Å². The van der Waals surface area contributed by atoms with Crippen molar-refractivity contribution < 1.29 is 14.3 Å². The van der Waals surface area contributed by atoms with Crippen molar-refractivity contribution >= 4 is 27.5 Å². The van der Waals surface area contributed by atoms with Gasteiger partial charge in [0.15, 0.2) is 6.10 Å². The number of halogens is 1. The van der Waals surface area contributed by atoms with Crippen molar-refractivity contribution in [3.63, 3.8) is 0 Å². The Bertz CT molecular complexity index is 426. The van der Waals surface area contributed by atoms with E-state index in [1.165, 1.54) is 0 Å². The number of benzene rings is 1. The van der Waals surface area contributed by atoms with Gasteiger partial charge in [-0.2, -0.15) is 0 Å². The molecule has 0 aliphatic carbocycles. The molecule has 0 aliphatic rings. The molecule has 19 heavy (non-hydrogen) atoms. The number of hydrogen-bond donors (Lipinski definition) is 2. The average Bonchev–Trinajstić information content (AvgIpc) is 2.38. The summed E-state index contributed by atoms with van der Waals surface area (Å²) in [6.45, 7) is 2.88. The molecule has 1 amide bonds. The molecule has 0 radical (unpaired) electrons. The van der Waals surface area contributed by atoms with Crippen molar-refractivity contribution in [1.82, 2.24) is 5.32 Å². The van der Waals surface area contributed by atoms with E-state index in [1.54, 1.807) is 32.2 Å². The number of nitrogens with two attached hydrogens (primary N) is 1. The van der Waals surface area contributed by atoms with Crippen LogP contribution in [0.2, 0.25) is 0 Å². The Hall–Kier alpha value is -1.27. The number of hydrogen-bond acceptors (Lipinski definition) is 4. The molecule has 1 atom stereocenters. The second-order valence-electron chi connectivity index (χ2n) is 4.09. The predicted octanol–water partition coefficient (Wildman–Crippen LogP) is 1.95. The van der Waals surface area contributed by atoms with Crippen LogP contribution in [0, 0.1) is 0 Å². The smallest absolute Gasteiger partial charge is 0.260 e. The highest BCUT2D eigenvalue weighted by atomic mass is 79.9. The lowest BCUT2D eigenvalue weighted by atomic mass is 10.3. The van der Waals surface area contributed by atoms with Crippen LogP contribution in [-0.4, -0.2) is 32.3 Å². The fraction of sp³-hybridized carbons (Fsp3) is 0.462. The third-order valence-electron chi connectivity index (χ3n) is 2.45. The predicted molar refractivity (Wildman–Crippen MR) is 78.1 cm³/mol. The fourth-order valence-electron chi connectivity index (χ4n) is 1.43. The van der Waals surface area contributed by atoms with Crippen LogP contribution in [0.25, 0.3) is 0 Å². The second-order valence-corrected chi connectivity index (χ2v) is 4.94. The molecule has 1 aromatic carbocycles. The topological polar surface area (TPSA) is 73.6 Å². The highest BCUT2D eigenvalue weighted by Gasteiger charge is 2.15. The summed E-state index contributed by atoms with van der Waals surface area (Å²) < 4.78 is 11.2. The maximum atomic E-state index is 11.8. The third-order valence-corrected chi connectivity index (χ3v) is 3.11. The summed E-state index contributed by atoms with van der Waals surface area (Å²) in [5.41, 5.74) is 6.27. The van der Waals surface area contributed by atoms with Gasteiger partial charge in [-0.05, 0) is 41.4 Å². The SMILES string of the molecule is COCCCNC(=O)C(C)Oc1cc(N)ccc1Br. The van der Waals surface area contributed by atoms with Gasteiger partial charge < -0.3 is 20.5 Å². The van der Waals surface area contributed by atoms with Crippen LogP contribution in [0.5, 0.6) is 5.75 Å². The summed E-state index contributed by atoms with van der Waals surface area (Å²) >= 11 is 3.35. The first-order chi connectivity index (χ1) is 9.04. The zero-order valence-corrected chi connectivity index (χ0v) is 12.7. The molecule has 1 unspecified atom stereocenters. The Morgan fingerprint density at radius 3 is 2.95 bits per heavy atom. The van der Waals surface area contributed by atoms with Gasteiger partial charge in [-0.15, -0.1) is 0 Å². The molecule has 1 aromatic rings. The fourth-order valence-corrected chi connectivity index (χ4v) is 1.77. The second kappa shape index (κ2) is 8.01. The monoisotopic (exact) mass is 330 g/mol. The van der Waals surface area contributed by atoms with Gasteiger partial charge in [-0.25, -0.2) is 0 Å². The lowest BCUT2D eigenvalue weighted by Gasteiger charge is -2.16. The standard InChI is InChI=1S/C13H19BrN2O3/c1-9(13(17)16-6-3-7-18-2)19-12-8-10(15)4-5-11(12)14/h4-5,8-9H,3,6-7,15H2,1-2H3,(H,16,17). The largest absolute Gasteiger partial charge is 0.480 e. The van der Waals surface area contributed by atoms with Crippen LogP contribution in [0.1, 0.15) is 13.3 Å². The molecule has 5 nitrogen and oxygen atoms in total. The Morgan fingerprint density at radius 1 is 1.53 bits per heavy atom. The highest BCUT2D eigenvalue weighted by molar-refractivity contribution is 9.10. The lowest BCUT2D eigenvalue weighted by Crippen LogP contribution is -2.37. The minimum absolute atomic E-state index is 0.162. The maximum Gasteiger partial charge on any atom is 0.260 e. The van der Waals surface area contributed by atoms with Gasteiger partial charge in [0.2, 0.25) is 0 Å². The number of anilines is 1. The summed E-state index contributed by atoms with van der Waals surface area (Å²) in [7, 11) is 1.63. The minimum atomic E-state index is -0.583. The van der Waals surface area contributed by atoms with E-state index in [2.05, 4.69) is 21.2 Å². The Morgan fingerprint density at radius 2 is 2.26 bits per heavy atom. The van der Waals surface area contributed by atoms with Crippen LogP contribution >= 0.6 is 15.9 Å². The summed E-state index contributed by atoms with van der Waals surface area (Å²) in [5, 5.41) is 2.78. The van der Waals surface area contributed by atoms with Crippen molar-refractivity contribution in [1.29, 1.82) is 0 Å². The minimum Gasteiger partial charge on any atom is -0.480 e. The van der Waals surface area contributed by atoms with Gasteiger partial charge >= 0.3 is 0 Å². The van der Waals surface area contributed by atoms with Crippen molar-refractivity contribution in [3.05, 3.63) is 22.7 Å². The van der Waals surface area contributed by atoms with Gasteiger partial charge in [0.1, 0.15) is 5.75 Å². The molecule has 0 saturated heterocycles. The first-order valence-corrected chi connectivity index (χ1v) is 6.82. The van der Waals surface area contributed by atoms with E-state index in [4.69, 9.17) is 15.2 Å². The molecular weight excluding hydrogens is 312 g/mol. The molecule has 0 bridgehead atoms. The Balaban J connectivity index is 2.47. The van der Waals surface area contributed by atoms with Crippen molar-refractivity contribution in [2.75, 3.05) is 26.0 Å². The van der Waals surface area contributed by atoms with E-state index in [9.17, 15) is 4.79 Å². The molecule has 0 saturated carbocycles. The van der Waals surface area contributed by atoms with Gasteiger partial charge in [0.25, 0.3) is 5.91 Å². The summed E-state index contributed by atoms with van der Waals surface area (Å²) in [6.07, 6.45) is 0.192. The van der Waals surface area contributed by atoms with Crippen molar-refractivity contribution in [2.45, 2.75) is 19.4 Å². The molecule has 0 aliphatic heterocycles. The third kappa shape index (κ3) is 5.48. The molecular formula is C13H19BrN2O3. The number of nitrogens with one attached hydrogen (secondary N) is 1. The lowest BCUT2D eigenvalue weighted by molar-refractivity contribution is -0.127. The number of amides is 1. The number of carbonyl (C=O) groups excluding carboxylic acids is 1. The van der Waals surface area contributed by atoms with Crippen LogP contribution in [0.4, 0.5) is 5.69 Å². The van der Waals surface area contributed by atoms with E-state index in [-0.39, 0.29) is 5.91 Å². The van der Waals surface area contributed by atoms with Crippen LogP contribution in [0.15, 0.2) is 22.7 Å². The summed E-state index contributed by atoms with van der Waals surface area (Å²) in [5.74, 6) is 0.393. The number of nitrogen functional groups attached to an aromatic ring is 1. The number of methoxy groups -OCH3 is 1. The highest BCUT2D eigenvalue weighted by Crippen LogP contribution is 2.27. The quantitative estimate of drug-likeness (QED) is 0.592. The first kappa shape index (κ1) is 15.8. The van der Waals surface area contributed by atoms with E-state index in [0.29, 0.717) is 24.6 Å². The molecule has 106 valence electrons. The first-order valence-electron chi connectivity index (χ1n) is 6.03. The van der Waals surface area contributed by atoms with E-state index < -0.39 is 6.10 Å². The summed E-state index contributed by atoms with van der Waals surface area (Å²) in [4.78, 5) is 11.8. The van der Waals surface area contributed by atoms with Crippen molar-refractivity contribution in [3.8, 4) is 5.75 Å². The van der Waals surface area contributed by atoms with Gasteiger partial charge in [-0.1, -0.05) is 0 Å². The van der Waals surface area contributed by atoms with E-state index in [1.807, 2.05) is 0 Å². The number of ether oxygens (including phenoxy) is 2. The molecule has 1 rings (SSSR count). The Kier molecular flexibility index (Phi) is 6.66. The van der Waals surface area contributed by atoms with Gasteiger partial charge in [0.05, 0.1) is 4.47 Å². The average molecular weight is 331 g/mol. The van der Waals surface area contributed by atoms with Gasteiger partial charge in [0, 0.05) is 32.0 Å². The molecule has 0 fully saturated rings. The van der Waals surface area contributed by atoms with E-state index in [0.717, 1.165) is 10.9 Å². The zero-order valence-electron chi connectivity index (χ0n) is 11.1. The van der Waals surface area contributed by atoms with Crippen LogP contribution in [-0.2, 0) is 9.53 Å².